The molecule has 4 aromatic rings. The zero-order chi connectivity index (χ0) is 19.8. The van der Waals surface area contributed by atoms with E-state index < -0.39 is 0 Å². The van der Waals surface area contributed by atoms with Crippen LogP contribution in [-0.4, -0.2) is 11.1 Å². The van der Waals surface area contributed by atoms with Crippen molar-refractivity contribution in [1.82, 2.24) is 10.5 Å². The topological polar surface area (TPSA) is 68.3 Å². The standard InChI is InChI=1S/C22H19ClN2O3/c1-12-4-6-15(7-5-12)19-9-16(28-25-19)11-24-22(26)21-14(3)17-10-18(23)13(2)8-20(17)27-21/h4-10H,11H2,1-3H3,(H,24,26). The van der Waals surface area contributed by atoms with Gasteiger partial charge in [0.2, 0.25) is 0 Å². The Kier molecular flexibility index (Phi) is 4.69. The van der Waals surface area contributed by atoms with E-state index in [1.54, 1.807) is 0 Å². The average molecular weight is 395 g/mol. The van der Waals surface area contributed by atoms with Gasteiger partial charge in [-0.1, -0.05) is 46.6 Å². The number of nitrogens with one attached hydrogen (secondary N) is 1. The fourth-order valence-corrected chi connectivity index (χ4v) is 3.23. The lowest BCUT2D eigenvalue weighted by atomic mass is 10.1. The minimum atomic E-state index is -0.309. The van der Waals surface area contributed by atoms with Crippen LogP contribution in [-0.2, 0) is 6.54 Å². The summed E-state index contributed by atoms with van der Waals surface area (Å²) in [6.45, 7) is 5.99. The van der Waals surface area contributed by atoms with Crippen molar-refractivity contribution in [2.75, 3.05) is 0 Å². The van der Waals surface area contributed by atoms with E-state index in [1.807, 2.05) is 63.2 Å². The number of hydrogen-bond acceptors (Lipinski definition) is 4. The number of amides is 1. The van der Waals surface area contributed by atoms with E-state index in [2.05, 4.69) is 10.5 Å². The van der Waals surface area contributed by atoms with Gasteiger partial charge in [-0.05, 0) is 38.5 Å². The van der Waals surface area contributed by atoms with Crippen molar-refractivity contribution < 1.29 is 13.7 Å². The first-order valence-electron chi connectivity index (χ1n) is 8.92. The second kappa shape index (κ2) is 7.17. The van der Waals surface area contributed by atoms with Gasteiger partial charge in [0, 0.05) is 27.6 Å². The number of aryl methyl sites for hydroxylation is 3. The fraction of sp³-hybridized carbons (Fsp3) is 0.182. The maximum atomic E-state index is 12.6. The van der Waals surface area contributed by atoms with Gasteiger partial charge in [-0.25, -0.2) is 0 Å². The SMILES string of the molecule is Cc1ccc(-c2cc(CNC(=O)c3oc4cc(C)c(Cl)cc4c3C)on2)cc1. The van der Waals surface area contributed by atoms with Gasteiger partial charge in [0.05, 0.1) is 6.54 Å². The van der Waals surface area contributed by atoms with Crippen LogP contribution in [0.25, 0.3) is 22.2 Å². The molecule has 28 heavy (non-hydrogen) atoms. The smallest absolute Gasteiger partial charge is 0.287 e. The molecule has 0 saturated carbocycles. The summed E-state index contributed by atoms with van der Waals surface area (Å²) in [5.74, 6) is 0.530. The van der Waals surface area contributed by atoms with Gasteiger partial charge in [-0.15, -0.1) is 0 Å². The maximum absolute atomic E-state index is 12.6. The number of rotatable bonds is 4. The van der Waals surface area contributed by atoms with Crippen molar-refractivity contribution in [3.05, 3.63) is 75.7 Å². The molecule has 1 amide bonds. The Morgan fingerprint density at radius 2 is 1.86 bits per heavy atom. The van der Waals surface area contributed by atoms with E-state index in [-0.39, 0.29) is 18.2 Å². The van der Waals surface area contributed by atoms with Crippen LogP contribution < -0.4 is 5.32 Å². The van der Waals surface area contributed by atoms with Crippen molar-refractivity contribution in [2.24, 2.45) is 0 Å². The van der Waals surface area contributed by atoms with Crippen LogP contribution in [0.2, 0.25) is 5.02 Å². The van der Waals surface area contributed by atoms with Crippen LogP contribution in [0.4, 0.5) is 0 Å². The number of carbonyl (C=O) groups is 1. The molecule has 5 nitrogen and oxygen atoms in total. The summed E-state index contributed by atoms with van der Waals surface area (Å²) < 4.78 is 11.1. The molecule has 0 spiro atoms. The van der Waals surface area contributed by atoms with E-state index in [1.165, 1.54) is 5.56 Å². The Morgan fingerprint density at radius 1 is 1.11 bits per heavy atom. The summed E-state index contributed by atoms with van der Waals surface area (Å²) >= 11 is 6.19. The number of halogens is 1. The normalized spacial score (nSPS) is 11.1. The molecule has 0 radical (unpaired) electrons. The van der Waals surface area contributed by atoms with E-state index in [9.17, 15) is 4.79 Å². The molecule has 0 fully saturated rings. The predicted molar refractivity (Wildman–Crippen MR) is 109 cm³/mol. The first-order chi connectivity index (χ1) is 13.4. The molecule has 2 aromatic heterocycles. The highest BCUT2D eigenvalue weighted by atomic mass is 35.5. The Hall–Kier alpha value is -3.05. The minimum Gasteiger partial charge on any atom is -0.451 e. The van der Waals surface area contributed by atoms with Gasteiger partial charge in [0.15, 0.2) is 11.5 Å². The van der Waals surface area contributed by atoms with Gasteiger partial charge in [0.25, 0.3) is 5.91 Å². The second-order valence-corrected chi connectivity index (χ2v) is 7.29. The summed E-state index contributed by atoms with van der Waals surface area (Å²) in [6, 6.07) is 13.5. The molecular formula is C22H19ClN2O3. The van der Waals surface area contributed by atoms with Crippen molar-refractivity contribution in [2.45, 2.75) is 27.3 Å². The summed E-state index contributed by atoms with van der Waals surface area (Å²) in [7, 11) is 0. The quantitative estimate of drug-likeness (QED) is 0.489. The van der Waals surface area contributed by atoms with Gasteiger partial charge in [-0.2, -0.15) is 0 Å². The van der Waals surface area contributed by atoms with E-state index in [0.29, 0.717) is 16.4 Å². The molecule has 6 heteroatoms. The predicted octanol–water partition coefficient (Wildman–Crippen LogP) is 5.60. The van der Waals surface area contributed by atoms with Crippen molar-refractivity contribution in [3.8, 4) is 11.3 Å². The molecule has 0 bridgehead atoms. The largest absolute Gasteiger partial charge is 0.451 e. The number of furan rings is 1. The lowest BCUT2D eigenvalue weighted by molar-refractivity contribution is 0.0920. The van der Waals surface area contributed by atoms with Gasteiger partial charge in [0.1, 0.15) is 11.3 Å². The van der Waals surface area contributed by atoms with Crippen molar-refractivity contribution in [1.29, 1.82) is 0 Å². The number of nitrogens with zero attached hydrogens (tertiary/aromatic N) is 1. The monoisotopic (exact) mass is 394 g/mol. The van der Waals surface area contributed by atoms with Crippen molar-refractivity contribution in [3.63, 3.8) is 0 Å². The number of fused-ring (bicyclic) bond motifs is 1. The van der Waals surface area contributed by atoms with Crippen molar-refractivity contribution >= 4 is 28.5 Å². The highest BCUT2D eigenvalue weighted by molar-refractivity contribution is 6.32. The third-order valence-electron chi connectivity index (χ3n) is 4.75. The third kappa shape index (κ3) is 3.41. The number of benzene rings is 2. The summed E-state index contributed by atoms with van der Waals surface area (Å²) in [6.07, 6.45) is 0. The van der Waals surface area contributed by atoms with Crippen LogP contribution in [0, 0.1) is 20.8 Å². The van der Waals surface area contributed by atoms with Crippen LogP contribution in [0.5, 0.6) is 0 Å². The highest BCUT2D eigenvalue weighted by Gasteiger charge is 2.19. The van der Waals surface area contributed by atoms with Crippen LogP contribution >= 0.6 is 11.6 Å². The average Bonchev–Trinajstić information content (AvgIpc) is 3.27. The van der Waals surface area contributed by atoms with Crippen LogP contribution in [0.3, 0.4) is 0 Å². The molecule has 2 aromatic carbocycles. The van der Waals surface area contributed by atoms with E-state index in [4.69, 9.17) is 20.5 Å². The summed E-state index contributed by atoms with van der Waals surface area (Å²) in [5.41, 5.74) is 5.18. The molecule has 0 aliphatic carbocycles. The molecule has 0 unspecified atom stereocenters. The number of aromatic nitrogens is 1. The molecule has 2 heterocycles. The fourth-order valence-electron chi connectivity index (χ4n) is 3.06. The number of hydrogen-bond donors (Lipinski definition) is 1. The Balaban J connectivity index is 1.50. The Morgan fingerprint density at radius 3 is 2.61 bits per heavy atom. The van der Waals surface area contributed by atoms with E-state index >= 15 is 0 Å². The first-order valence-corrected chi connectivity index (χ1v) is 9.30. The molecule has 0 aliphatic heterocycles. The van der Waals surface area contributed by atoms with Gasteiger partial charge < -0.3 is 14.3 Å². The first kappa shape index (κ1) is 18.3. The summed E-state index contributed by atoms with van der Waals surface area (Å²) in [5, 5.41) is 8.38. The summed E-state index contributed by atoms with van der Waals surface area (Å²) in [4.78, 5) is 12.6. The van der Waals surface area contributed by atoms with Gasteiger partial charge in [-0.3, -0.25) is 4.79 Å². The zero-order valence-electron chi connectivity index (χ0n) is 15.8. The molecule has 0 aliphatic rings. The lowest BCUT2D eigenvalue weighted by Gasteiger charge is -2.00. The zero-order valence-corrected chi connectivity index (χ0v) is 16.6. The molecule has 4 rings (SSSR count). The molecule has 0 atom stereocenters. The van der Waals surface area contributed by atoms with Crippen LogP contribution in [0.1, 0.15) is 33.0 Å². The van der Waals surface area contributed by atoms with Gasteiger partial charge >= 0.3 is 0 Å². The molecule has 0 saturated heterocycles. The van der Waals surface area contributed by atoms with E-state index in [0.717, 1.165) is 27.8 Å². The van der Waals surface area contributed by atoms with Crippen LogP contribution in [0.15, 0.2) is 51.4 Å². The molecule has 142 valence electrons. The highest BCUT2D eigenvalue weighted by Crippen LogP contribution is 2.30. The second-order valence-electron chi connectivity index (χ2n) is 6.88. The maximum Gasteiger partial charge on any atom is 0.287 e. The Bertz CT molecular complexity index is 1170. The number of carbonyl (C=O) groups excluding carboxylic acids is 1. The Labute approximate surface area is 167 Å². The molecular weight excluding hydrogens is 376 g/mol. The lowest BCUT2D eigenvalue weighted by Crippen LogP contribution is -2.22. The minimum absolute atomic E-state index is 0.216. The third-order valence-corrected chi connectivity index (χ3v) is 5.16. The molecule has 1 N–H and O–H groups in total.